The Morgan fingerprint density at radius 2 is 2.00 bits per heavy atom. The van der Waals surface area contributed by atoms with Crippen LogP contribution in [0.2, 0.25) is 0 Å². The number of aliphatic hydroxyl groups excluding tert-OH is 1. The molecule has 0 spiro atoms. The number of sulfonamides is 1. The van der Waals surface area contributed by atoms with Crippen LogP contribution in [0.1, 0.15) is 23.4 Å². The van der Waals surface area contributed by atoms with Gasteiger partial charge in [-0.15, -0.1) is 0 Å². The molecular formula is C14H19N3O3S. The molecular weight excluding hydrogens is 290 g/mol. The summed E-state index contributed by atoms with van der Waals surface area (Å²) in [6, 6.07) is 9.89. The molecule has 0 unspecified atom stereocenters. The number of hydrogen-bond donors (Lipinski definition) is 3. The number of benzene rings is 1. The van der Waals surface area contributed by atoms with Gasteiger partial charge >= 0.3 is 0 Å². The third-order valence-corrected chi connectivity index (χ3v) is 4.82. The Hall–Kier alpha value is -1.70. The van der Waals surface area contributed by atoms with E-state index in [0.717, 1.165) is 6.42 Å². The molecule has 7 heteroatoms. The zero-order valence-corrected chi connectivity index (χ0v) is 12.7. The van der Waals surface area contributed by atoms with Gasteiger partial charge in [0.2, 0.25) is 10.0 Å². The summed E-state index contributed by atoms with van der Waals surface area (Å²) in [5.41, 5.74) is 1.74. The second kappa shape index (κ2) is 6.84. The van der Waals surface area contributed by atoms with Crippen molar-refractivity contribution < 1.29 is 13.5 Å². The summed E-state index contributed by atoms with van der Waals surface area (Å²) in [7, 11) is -3.65. The Kier molecular flexibility index (Phi) is 5.11. The average Bonchev–Trinajstić information content (AvgIpc) is 2.86. The molecule has 0 saturated heterocycles. The summed E-state index contributed by atoms with van der Waals surface area (Å²) < 4.78 is 27.0. The fourth-order valence-corrected chi connectivity index (χ4v) is 3.58. The molecule has 1 aromatic heterocycles. The Labute approximate surface area is 124 Å². The zero-order chi connectivity index (χ0) is 15.3. The Morgan fingerprint density at radius 3 is 2.67 bits per heavy atom. The van der Waals surface area contributed by atoms with E-state index >= 15 is 0 Å². The van der Waals surface area contributed by atoms with Gasteiger partial charge in [0, 0.05) is 6.54 Å². The van der Waals surface area contributed by atoms with Crippen molar-refractivity contribution >= 4 is 10.0 Å². The molecule has 0 aliphatic carbocycles. The molecule has 0 fully saturated rings. The average molecular weight is 309 g/mol. The van der Waals surface area contributed by atoms with Gasteiger partial charge in [-0.05, 0) is 25.3 Å². The first-order chi connectivity index (χ1) is 10.0. The van der Waals surface area contributed by atoms with E-state index in [0.29, 0.717) is 18.7 Å². The van der Waals surface area contributed by atoms with Gasteiger partial charge in [0.15, 0.2) is 0 Å². The highest BCUT2D eigenvalue weighted by atomic mass is 32.2. The number of aromatic amines is 1. The van der Waals surface area contributed by atoms with Gasteiger partial charge in [0.1, 0.15) is 10.6 Å². The van der Waals surface area contributed by atoms with E-state index in [4.69, 9.17) is 5.11 Å². The summed E-state index contributed by atoms with van der Waals surface area (Å²) in [6.45, 7) is 1.54. The molecule has 0 saturated carbocycles. The molecule has 1 aromatic carbocycles. The van der Waals surface area contributed by atoms with E-state index in [1.165, 1.54) is 5.56 Å². The highest BCUT2D eigenvalue weighted by Crippen LogP contribution is 2.17. The fourth-order valence-electron chi connectivity index (χ4n) is 2.15. The van der Waals surface area contributed by atoms with Crippen LogP contribution >= 0.6 is 0 Å². The lowest BCUT2D eigenvalue weighted by molar-refractivity contribution is 0.273. The van der Waals surface area contributed by atoms with Crippen molar-refractivity contribution in [2.24, 2.45) is 0 Å². The minimum absolute atomic E-state index is 0.0460. The summed E-state index contributed by atoms with van der Waals surface area (Å²) in [6.07, 6.45) is 1.51. The van der Waals surface area contributed by atoms with Crippen LogP contribution in [-0.4, -0.2) is 30.3 Å². The number of H-pyrrole nitrogens is 1. The van der Waals surface area contributed by atoms with E-state index in [-0.39, 0.29) is 10.6 Å². The van der Waals surface area contributed by atoms with Gasteiger partial charge in [-0.3, -0.25) is 5.10 Å². The van der Waals surface area contributed by atoms with E-state index in [1.54, 1.807) is 6.92 Å². The van der Waals surface area contributed by atoms with E-state index in [2.05, 4.69) is 14.9 Å². The number of aryl methyl sites for hydroxylation is 2. The zero-order valence-electron chi connectivity index (χ0n) is 11.8. The van der Waals surface area contributed by atoms with Crippen molar-refractivity contribution in [1.29, 1.82) is 0 Å². The third-order valence-electron chi connectivity index (χ3n) is 3.16. The fraction of sp³-hybridized carbons (Fsp3) is 0.357. The van der Waals surface area contributed by atoms with Crippen LogP contribution in [0.15, 0.2) is 35.2 Å². The molecule has 0 amide bonds. The normalized spacial score (nSPS) is 11.7. The first-order valence-corrected chi connectivity index (χ1v) is 8.21. The molecule has 3 N–H and O–H groups in total. The maximum absolute atomic E-state index is 12.2. The van der Waals surface area contributed by atoms with Gasteiger partial charge in [-0.1, -0.05) is 30.3 Å². The van der Waals surface area contributed by atoms with Crippen molar-refractivity contribution in [2.75, 3.05) is 6.54 Å². The highest BCUT2D eigenvalue weighted by Gasteiger charge is 2.23. The molecule has 2 rings (SSSR count). The molecule has 0 atom stereocenters. The summed E-state index contributed by atoms with van der Waals surface area (Å²) in [5.74, 6) is 0. The molecule has 0 bridgehead atoms. The summed E-state index contributed by atoms with van der Waals surface area (Å²) in [5, 5.41) is 15.5. The Bertz CT molecular complexity index is 681. The van der Waals surface area contributed by atoms with Crippen LogP contribution in [-0.2, 0) is 23.1 Å². The van der Waals surface area contributed by atoms with Crippen LogP contribution in [0.4, 0.5) is 0 Å². The first kappa shape index (κ1) is 15.7. The highest BCUT2D eigenvalue weighted by molar-refractivity contribution is 7.89. The lowest BCUT2D eigenvalue weighted by Gasteiger charge is -2.07. The minimum Gasteiger partial charge on any atom is -0.390 e. The number of rotatable bonds is 7. The molecule has 6 nitrogen and oxygen atoms in total. The minimum atomic E-state index is -3.65. The van der Waals surface area contributed by atoms with Crippen LogP contribution in [0.5, 0.6) is 0 Å². The second-order valence-corrected chi connectivity index (χ2v) is 6.47. The lowest BCUT2D eigenvalue weighted by atomic mass is 10.1. The molecule has 2 aromatic rings. The van der Waals surface area contributed by atoms with Gasteiger partial charge in [-0.2, -0.15) is 5.10 Å². The SMILES string of the molecule is Cc1[nH]nc(CO)c1S(=O)(=O)NCCCc1ccccc1. The molecule has 1 heterocycles. The van der Waals surface area contributed by atoms with Crippen molar-refractivity contribution in [3.05, 3.63) is 47.3 Å². The van der Waals surface area contributed by atoms with Gasteiger partial charge in [-0.25, -0.2) is 13.1 Å². The van der Waals surface area contributed by atoms with E-state index < -0.39 is 16.6 Å². The molecule has 0 aliphatic heterocycles. The number of nitrogens with one attached hydrogen (secondary N) is 2. The van der Waals surface area contributed by atoms with Crippen molar-refractivity contribution in [3.63, 3.8) is 0 Å². The molecule has 0 radical (unpaired) electrons. The molecule has 114 valence electrons. The van der Waals surface area contributed by atoms with Crippen LogP contribution < -0.4 is 4.72 Å². The number of aliphatic hydroxyl groups is 1. The molecule has 21 heavy (non-hydrogen) atoms. The van der Waals surface area contributed by atoms with E-state index in [1.807, 2.05) is 30.3 Å². The maximum Gasteiger partial charge on any atom is 0.244 e. The van der Waals surface area contributed by atoms with Crippen LogP contribution in [0.3, 0.4) is 0 Å². The summed E-state index contributed by atoms with van der Waals surface area (Å²) in [4.78, 5) is 0.0460. The standard InChI is InChI=1S/C14H19N3O3S/c1-11-14(13(10-18)17-16-11)21(19,20)15-9-5-8-12-6-3-2-4-7-12/h2-4,6-7,15,18H,5,8-10H2,1H3,(H,16,17). The third kappa shape index (κ3) is 3.90. The first-order valence-electron chi connectivity index (χ1n) is 6.73. The quantitative estimate of drug-likeness (QED) is 0.668. The van der Waals surface area contributed by atoms with Crippen molar-refractivity contribution in [2.45, 2.75) is 31.3 Å². The predicted molar refractivity (Wildman–Crippen MR) is 79.2 cm³/mol. The topological polar surface area (TPSA) is 95.1 Å². The Balaban J connectivity index is 1.94. The van der Waals surface area contributed by atoms with Crippen LogP contribution in [0.25, 0.3) is 0 Å². The van der Waals surface area contributed by atoms with E-state index in [9.17, 15) is 8.42 Å². The Morgan fingerprint density at radius 1 is 1.29 bits per heavy atom. The number of aromatic nitrogens is 2. The lowest BCUT2D eigenvalue weighted by Crippen LogP contribution is -2.26. The number of nitrogens with zero attached hydrogens (tertiary/aromatic N) is 1. The smallest absolute Gasteiger partial charge is 0.244 e. The molecule has 0 aliphatic rings. The monoisotopic (exact) mass is 309 g/mol. The predicted octanol–water partition coefficient (Wildman–Crippen LogP) is 1.12. The number of hydrogen-bond acceptors (Lipinski definition) is 4. The summed E-state index contributed by atoms with van der Waals surface area (Å²) >= 11 is 0. The van der Waals surface area contributed by atoms with Gasteiger partial charge in [0.05, 0.1) is 12.3 Å². The van der Waals surface area contributed by atoms with Gasteiger partial charge in [0.25, 0.3) is 0 Å². The van der Waals surface area contributed by atoms with Gasteiger partial charge < -0.3 is 5.11 Å². The van der Waals surface area contributed by atoms with Crippen molar-refractivity contribution in [3.8, 4) is 0 Å². The largest absolute Gasteiger partial charge is 0.390 e. The second-order valence-electron chi connectivity index (χ2n) is 4.77. The van der Waals surface area contributed by atoms with Crippen molar-refractivity contribution in [1.82, 2.24) is 14.9 Å². The van der Waals surface area contributed by atoms with Crippen LogP contribution in [0, 0.1) is 6.92 Å². The maximum atomic E-state index is 12.2.